The second kappa shape index (κ2) is 6.22. The highest BCUT2D eigenvalue weighted by molar-refractivity contribution is 6.04. The van der Waals surface area contributed by atoms with Gasteiger partial charge in [0.05, 0.1) is 19.1 Å². The van der Waals surface area contributed by atoms with E-state index >= 15 is 0 Å². The molecule has 0 saturated carbocycles. The summed E-state index contributed by atoms with van der Waals surface area (Å²) in [6, 6.07) is 4.28. The van der Waals surface area contributed by atoms with E-state index < -0.39 is 11.6 Å². The Hall–Kier alpha value is -2.30. The van der Waals surface area contributed by atoms with Crippen molar-refractivity contribution >= 4 is 11.8 Å². The molecule has 1 aliphatic heterocycles. The summed E-state index contributed by atoms with van der Waals surface area (Å²) < 4.78 is 10.7. The van der Waals surface area contributed by atoms with Crippen LogP contribution in [0.4, 0.5) is 0 Å². The van der Waals surface area contributed by atoms with E-state index in [-0.39, 0.29) is 18.0 Å². The zero-order chi connectivity index (χ0) is 16.3. The van der Waals surface area contributed by atoms with Gasteiger partial charge in [-0.2, -0.15) is 0 Å². The van der Waals surface area contributed by atoms with E-state index in [0.717, 1.165) is 5.57 Å². The summed E-state index contributed by atoms with van der Waals surface area (Å²) in [5.41, 5.74) is 0.121. The van der Waals surface area contributed by atoms with Crippen LogP contribution in [0.15, 0.2) is 29.8 Å². The largest absolute Gasteiger partial charge is 0.508 e. The van der Waals surface area contributed by atoms with Gasteiger partial charge in [-0.05, 0) is 38.5 Å². The molecule has 2 rings (SSSR count). The number of aromatic hydroxyl groups is 1. The lowest BCUT2D eigenvalue weighted by atomic mass is 9.86. The average Bonchev–Trinajstić information content (AvgIpc) is 2.47. The predicted octanol–water partition coefficient (Wildman–Crippen LogP) is 3.02. The van der Waals surface area contributed by atoms with Gasteiger partial charge < -0.3 is 14.6 Å². The van der Waals surface area contributed by atoms with Crippen molar-refractivity contribution in [1.82, 2.24) is 0 Å². The molecule has 0 aromatic heterocycles. The normalized spacial score (nSPS) is 19.9. The number of benzene rings is 1. The highest BCUT2D eigenvalue weighted by Crippen LogP contribution is 2.38. The Bertz CT molecular complexity index is 628. The lowest BCUT2D eigenvalue weighted by Crippen LogP contribution is -2.49. The molecule has 0 amide bonds. The molecule has 5 heteroatoms. The second-order valence-corrected chi connectivity index (χ2v) is 5.69. The van der Waals surface area contributed by atoms with Crippen LogP contribution in [-0.4, -0.2) is 29.6 Å². The van der Waals surface area contributed by atoms with E-state index in [2.05, 4.69) is 0 Å². The third-order valence-corrected chi connectivity index (χ3v) is 3.67. The molecular weight excluding hydrogens is 284 g/mol. The minimum absolute atomic E-state index is 0.00851. The summed E-state index contributed by atoms with van der Waals surface area (Å²) in [6.45, 7) is 3.94. The Morgan fingerprint density at radius 1 is 1.45 bits per heavy atom. The fourth-order valence-electron chi connectivity index (χ4n) is 2.56. The summed E-state index contributed by atoms with van der Waals surface area (Å²) in [4.78, 5) is 24.6. The molecule has 0 saturated heterocycles. The van der Waals surface area contributed by atoms with Crippen molar-refractivity contribution in [3.63, 3.8) is 0 Å². The summed E-state index contributed by atoms with van der Waals surface area (Å²) in [5, 5.41) is 9.49. The van der Waals surface area contributed by atoms with Gasteiger partial charge >= 0.3 is 5.97 Å². The van der Waals surface area contributed by atoms with Crippen molar-refractivity contribution < 1.29 is 24.2 Å². The summed E-state index contributed by atoms with van der Waals surface area (Å²) in [7, 11) is 1.28. The molecule has 0 radical (unpaired) electrons. The van der Waals surface area contributed by atoms with E-state index in [1.165, 1.54) is 25.3 Å². The number of ketones is 1. The molecule has 1 atom stereocenters. The highest BCUT2D eigenvalue weighted by Gasteiger charge is 2.47. The van der Waals surface area contributed by atoms with Crippen LogP contribution in [0.2, 0.25) is 0 Å². The van der Waals surface area contributed by atoms with Gasteiger partial charge in [0.2, 0.25) is 5.60 Å². The number of phenolic OH excluding ortho intramolecular Hbond substituents is 1. The molecular formula is C17H20O5. The summed E-state index contributed by atoms with van der Waals surface area (Å²) in [6.07, 6.45) is 2.87. The molecule has 0 bridgehead atoms. The van der Waals surface area contributed by atoms with Crippen LogP contribution in [-0.2, 0) is 9.53 Å². The maximum atomic E-state index is 12.4. The molecule has 1 heterocycles. The van der Waals surface area contributed by atoms with E-state index in [0.29, 0.717) is 24.2 Å². The highest BCUT2D eigenvalue weighted by atomic mass is 16.6. The Balaban J connectivity index is 2.35. The second-order valence-electron chi connectivity index (χ2n) is 5.69. The van der Waals surface area contributed by atoms with Crippen LogP contribution < -0.4 is 4.74 Å². The van der Waals surface area contributed by atoms with Crippen LogP contribution in [0, 0.1) is 0 Å². The number of rotatable bonds is 4. The molecule has 1 aromatic carbocycles. The third-order valence-electron chi connectivity index (χ3n) is 3.67. The molecule has 5 nitrogen and oxygen atoms in total. The van der Waals surface area contributed by atoms with Gasteiger partial charge in [0.15, 0.2) is 5.78 Å². The minimum Gasteiger partial charge on any atom is -0.508 e. The number of carbonyl (C=O) groups excluding carboxylic acids is 2. The molecule has 0 spiro atoms. The van der Waals surface area contributed by atoms with Crippen molar-refractivity contribution in [1.29, 1.82) is 0 Å². The topological polar surface area (TPSA) is 72.8 Å². The first-order valence-corrected chi connectivity index (χ1v) is 7.15. The van der Waals surface area contributed by atoms with E-state index in [4.69, 9.17) is 9.47 Å². The Labute approximate surface area is 129 Å². The van der Waals surface area contributed by atoms with Gasteiger partial charge in [-0.25, -0.2) is 4.79 Å². The van der Waals surface area contributed by atoms with Gasteiger partial charge in [0, 0.05) is 6.42 Å². The van der Waals surface area contributed by atoms with E-state index in [1.807, 2.05) is 19.9 Å². The zero-order valence-corrected chi connectivity index (χ0v) is 13.0. The van der Waals surface area contributed by atoms with Crippen molar-refractivity contribution in [2.24, 2.45) is 0 Å². The van der Waals surface area contributed by atoms with Crippen LogP contribution in [0.25, 0.3) is 0 Å². The van der Waals surface area contributed by atoms with E-state index in [9.17, 15) is 14.7 Å². The van der Waals surface area contributed by atoms with Crippen molar-refractivity contribution in [3.8, 4) is 11.5 Å². The minimum atomic E-state index is -1.30. The zero-order valence-electron chi connectivity index (χ0n) is 13.0. The first-order valence-electron chi connectivity index (χ1n) is 7.15. The predicted molar refractivity (Wildman–Crippen MR) is 81.1 cm³/mol. The number of carbonyl (C=O) groups is 2. The summed E-state index contributed by atoms with van der Waals surface area (Å²) in [5.74, 6) is -0.496. The SMILES string of the molecule is COC(=O)C1(CCC=C(C)C)CC(=O)c2cc(O)ccc2O1. The summed E-state index contributed by atoms with van der Waals surface area (Å²) >= 11 is 0. The van der Waals surface area contributed by atoms with Crippen molar-refractivity contribution in [2.75, 3.05) is 7.11 Å². The molecule has 22 heavy (non-hydrogen) atoms. The van der Waals surface area contributed by atoms with Gasteiger partial charge in [-0.15, -0.1) is 0 Å². The first kappa shape index (κ1) is 16.1. The van der Waals surface area contributed by atoms with Crippen LogP contribution in [0.1, 0.15) is 43.5 Å². The van der Waals surface area contributed by atoms with Gasteiger partial charge in [-0.1, -0.05) is 11.6 Å². The van der Waals surface area contributed by atoms with Crippen LogP contribution >= 0.6 is 0 Å². The number of hydrogen-bond acceptors (Lipinski definition) is 5. The fraction of sp³-hybridized carbons (Fsp3) is 0.412. The van der Waals surface area contributed by atoms with Crippen molar-refractivity contribution in [2.45, 2.75) is 38.7 Å². The number of ether oxygens (including phenoxy) is 2. The molecule has 1 unspecified atom stereocenters. The molecule has 1 aliphatic rings. The van der Waals surface area contributed by atoms with Crippen molar-refractivity contribution in [3.05, 3.63) is 35.4 Å². The molecule has 118 valence electrons. The maximum absolute atomic E-state index is 12.4. The van der Waals surface area contributed by atoms with Crippen LogP contribution in [0.3, 0.4) is 0 Å². The molecule has 0 fully saturated rings. The molecule has 1 aromatic rings. The van der Waals surface area contributed by atoms with Gasteiger partial charge in [-0.3, -0.25) is 4.79 Å². The number of phenols is 1. The average molecular weight is 304 g/mol. The van der Waals surface area contributed by atoms with E-state index in [1.54, 1.807) is 0 Å². The third kappa shape index (κ3) is 3.13. The molecule has 0 aliphatic carbocycles. The fourth-order valence-corrected chi connectivity index (χ4v) is 2.56. The van der Waals surface area contributed by atoms with Gasteiger partial charge in [0.25, 0.3) is 0 Å². The number of allylic oxidation sites excluding steroid dienone is 2. The lowest BCUT2D eigenvalue weighted by Gasteiger charge is -2.35. The number of Topliss-reactive ketones (excluding diaryl/α,β-unsaturated/α-hetero) is 1. The monoisotopic (exact) mass is 304 g/mol. The maximum Gasteiger partial charge on any atom is 0.350 e. The number of esters is 1. The Morgan fingerprint density at radius 3 is 2.82 bits per heavy atom. The smallest absolute Gasteiger partial charge is 0.350 e. The quantitative estimate of drug-likeness (QED) is 0.684. The number of methoxy groups -OCH3 is 1. The number of hydrogen-bond donors (Lipinski definition) is 1. The Morgan fingerprint density at radius 2 is 2.18 bits per heavy atom. The first-order chi connectivity index (χ1) is 10.4. The van der Waals surface area contributed by atoms with Gasteiger partial charge in [0.1, 0.15) is 11.5 Å². The molecule has 1 N–H and O–H groups in total. The lowest BCUT2D eigenvalue weighted by molar-refractivity contribution is -0.160. The van der Waals surface area contributed by atoms with Crippen LogP contribution in [0.5, 0.6) is 11.5 Å². The Kier molecular flexibility index (Phi) is 4.54. The number of fused-ring (bicyclic) bond motifs is 1. The standard InChI is InChI=1S/C17H20O5/c1-11(2)5-4-8-17(16(20)21-3)10-14(19)13-9-12(18)6-7-15(13)22-17/h5-7,9,18H,4,8,10H2,1-3H3.